The molecule has 0 atom stereocenters. The van der Waals surface area contributed by atoms with Gasteiger partial charge in [0.2, 0.25) is 10.0 Å². The number of nitrogens with two attached hydrogens (primary N) is 1. The number of anilines is 1. The van der Waals surface area contributed by atoms with Gasteiger partial charge >= 0.3 is 0 Å². The number of rotatable bonds is 7. The maximum absolute atomic E-state index is 12.6. The van der Waals surface area contributed by atoms with Crippen molar-refractivity contribution in [2.75, 3.05) is 12.4 Å². The molecule has 8 heteroatoms. The first kappa shape index (κ1) is 20.4. The minimum atomic E-state index is -3.94. The Balaban J connectivity index is 1.71. The van der Waals surface area contributed by atoms with Crippen LogP contribution in [0.1, 0.15) is 15.9 Å². The second-order valence-corrected chi connectivity index (χ2v) is 7.72. The van der Waals surface area contributed by atoms with Gasteiger partial charge in [0.1, 0.15) is 18.1 Å². The fraction of sp³-hybridized carbons (Fsp3) is 0.0952. The molecule has 29 heavy (non-hydrogen) atoms. The first-order chi connectivity index (χ1) is 13.9. The number of primary sulfonamides is 1. The Kier molecular flexibility index (Phi) is 6.16. The molecule has 0 saturated carbocycles. The van der Waals surface area contributed by atoms with E-state index in [4.69, 9.17) is 14.6 Å². The lowest BCUT2D eigenvalue weighted by Crippen LogP contribution is -2.16. The van der Waals surface area contributed by atoms with Crippen molar-refractivity contribution in [1.29, 1.82) is 0 Å². The first-order valence-electron chi connectivity index (χ1n) is 8.66. The summed E-state index contributed by atoms with van der Waals surface area (Å²) in [5, 5.41) is 7.85. The van der Waals surface area contributed by atoms with Gasteiger partial charge in [0.15, 0.2) is 0 Å². The van der Waals surface area contributed by atoms with Gasteiger partial charge in [-0.3, -0.25) is 4.79 Å². The molecule has 0 aliphatic carbocycles. The van der Waals surface area contributed by atoms with E-state index in [0.29, 0.717) is 18.0 Å². The highest BCUT2D eigenvalue weighted by Gasteiger charge is 2.17. The molecule has 0 unspecified atom stereocenters. The van der Waals surface area contributed by atoms with Crippen LogP contribution >= 0.6 is 0 Å². The van der Waals surface area contributed by atoms with Crippen molar-refractivity contribution in [1.82, 2.24) is 0 Å². The van der Waals surface area contributed by atoms with Crippen LogP contribution in [0.2, 0.25) is 0 Å². The minimum absolute atomic E-state index is 0.0587. The van der Waals surface area contributed by atoms with E-state index in [2.05, 4.69) is 5.32 Å². The molecule has 0 spiro atoms. The maximum Gasteiger partial charge on any atom is 0.259 e. The highest BCUT2D eigenvalue weighted by molar-refractivity contribution is 7.89. The van der Waals surface area contributed by atoms with Gasteiger partial charge in [-0.1, -0.05) is 30.3 Å². The van der Waals surface area contributed by atoms with Crippen LogP contribution in [0.4, 0.5) is 5.69 Å². The van der Waals surface area contributed by atoms with Crippen LogP contribution < -0.4 is 19.9 Å². The zero-order chi connectivity index (χ0) is 20.9. The van der Waals surface area contributed by atoms with Gasteiger partial charge in [0.25, 0.3) is 5.91 Å². The molecule has 0 aliphatic heterocycles. The van der Waals surface area contributed by atoms with Crippen LogP contribution in [0.15, 0.2) is 77.7 Å². The Morgan fingerprint density at radius 2 is 1.69 bits per heavy atom. The van der Waals surface area contributed by atoms with E-state index < -0.39 is 15.9 Å². The largest absolute Gasteiger partial charge is 0.496 e. The molecule has 1 amide bonds. The summed E-state index contributed by atoms with van der Waals surface area (Å²) in [5.41, 5.74) is 1.63. The fourth-order valence-corrected chi connectivity index (χ4v) is 3.16. The topological polar surface area (TPSA) is 108 Å². The SMILES string of the molecule is COc1ccc(S(N)(=O)=O)cc1C(=O)Nc1ccc(OCc2ccccc2)cc1. The number of nitrogens with one attached hydrogen (secondary N) is 1. The summed E-state index contributed by atoms with van der Waals surface area (Å²) in [4.78, 5) is 12.4. The first-order valence-corrected chi connectivity index (χ1v) is 10.2. The van der Waals surface area contributed by atoms with Gasteiger partial charge in [-0.15, -0.1) is 0 Å². The summed E-state index contributed by atoms with van der Waals surface area (Å²) >= 11 is 0. The second-order valence-electron chi connectivity index (χ2n) is 6.16. The highest BCUT2D eigenvalue weighted by Crippen LogP contribution is 2.24. The molecule has 0 bridgehead atoms. The molecular formula is C21H20N2O5S. The predicted octanol–water partition coefficient (Wildman–Crippen LogP) is 3.17. The van der Waals surface area contributed by atoms with Crippen molar-refractivity contribution in [2.24, 2.45) is 5.14 Å². The maximum atomic E-state index is 12.6. The van der Waals surface area contributed by atoms with Crippen molar-refractivity contribution < 1.29 is 22.7 Å². The minimum Gasteiger partial charge on any atom is -0.496 e. The zero-order valence-electron chi connectivity index (χ0n) is 15.7. The van der Waals surface area contributed by atoms with Crippen LogP contribution in [-0.2, 0) is 16.6 Å². The van der Waals surface area contributed by atoms with Gasteiger partial charge in [-0.2, -0.15) is 0 Å². The summed E-state index contributed by atoms with van der Waals surface area (Å²) in [6.45, 7) is 0.435. The Bertz CT molecular complexity index is 1100. The predicted molar refractivity (Wildman–Crippen MR) is 110 cm³/mol. The van der Waals surface area contributed by atoms with Crippen molar-refractivity contribution in [3.63, 3.8) is 0 Å². The number of hydrogen-bond donors (Lipinski definition) is 2. The molecule has 3 rings (SSSR count). The molecule has 150 valence electrons. The van der Waals surface area contributed by atoms with Crippen LogP contribution in [-0.4, -0.2) is 21.4 Å². The van der Waals surface area contributed by atoms with Crippen LogP contribution in [0.25, 0.3) is 0 Å². The van der Waals surface area contributed by atoms with E-state index in [1.807, 2.05) is 30.3 Å². The summed E-state index contributed by atoms with van der Waals surface area (Å²) in [7, 11) is -2.55. The van der Waals surface area contributed by atoms with Crippen molar-refractivity contribution in [2.45, 2.75) is 11.5 Å². The number of carbonyl (C=O) groups is 1. The van der Waals surface area contributed by atoms with E-state index in [9.17, 15) is 13.2 Å². The lowest BCUT2D eigenvalue weighted by atomic mass is 10.2. The molecule has 0 saturated heterocycles. The van der Waals surface area contributed by atoms with Gasteiger partial charge in [-0.05, 0) is 48.0 Å². The number of sulfonamides is 1. The molecule has 0 aliphatic rings. The zero-order valence-corrected chi connectivity index (χ0v) is 16.5. The van der Waals surface area contributed by atoms with Crippen molar-refractivity contribution in [3.05, 3.63) is 83.9 Å². The number of benzene rings is 3. The van der Waals surface area contributed by atoms with Gasteiger partial charge in [-0.25, -0.2) is 13.6 Å². The quantitative estimate of drug-likeness (QED) is 0.620. The number of hydrogen-bond acceptors (Lipinski definition) is 5. The van der Waals surface area contributed by atoms with E-state index in [-0.39, 0.29) is 16.2 Å². The van der Waals surface area contributed by atoms with Gasteiger partial charge < -0.3 is 14.8 Å². The Hall–Kier alpha value is -3.36. The Morgan fingerprint density at radius 3 is 2.31 bits per heavy atom. The van der Waals surface area contributed by atoms with Gasteiger partial charge in [0.05, 0.1) is 17.6 Å². The van der Waals surface area contributed by atoms with Gasteiger partial charge in [0, 0.05) is 5.69 Å². The molecule has 3 aromatic rings. The summed E-state index contributed by atoms with van der Waals surface area (Å²) in [5.74, 6) is 0.365. The van der Waals surface area contributed by atoms with E-state index in [1.54, 1.807) is 24.3 Å². The van der Waals surface area contributed by atoms with Crippen LogP contribution in [0.5, 0.6) is 11.5 Å². The number of amides is 1. The van der Waals surface area contributed by atoms with E-state index >= 15 is 0 Å². The smallest absolute Gasteiger partial charge is 0.259 e. The molecule has 0 fully saturated rings. The average molecular weight is 412 g/mol. The lowest BCUT2D eigenvalue weighted by molar-refractivity contribution is 0.102. The molecule has 3 aromatic carbocycles. The van der Waals surface area contributed by atoms with E-state index in [1.165, 1.54) is 25.3 Å². The van der Waals surface area contributed by atoms with Crippen LogP contribution in [0.3, 0.4) is 0 Å². The summed E-state index contributed by atoms with van der Waals surface area (Å²) < 4.78 is 34.0. The molecule has 3 N–H and O–H groups in total. The third-order valence-corrected chi connectivity index (χ3v) is 5.02. The van der Waals surface area contributed by atoms with Crippen LogP contribution in [0, 0.1) is 0 Å². The third kappa shape index (κ3) is 5.34. The number of methoxy groups -OCH3 is 1. The third-order valence-electron chi connectivity index (χ3n) is 4.10. The molecular weight excluding hydrogens is 392 g/mol. The van der Waals surface area contributed by atoms with E-state index in [0.717, 1.165) is 5.56 Å². The average Bonchev–Trinajstić information content (AvgIpc) is 2.73. The molecule has 0 heterocycles. The number of carbonyl (C=O) groups excluding carboxylic acids is 1. The number of ether oxygens (including phenoxy) is 2. The molecule has 0 radical (unpaired) electrons. The monoisotopic (exact) mass is 412 g/mol. The lowest BCUT2D eigenvalue weighted by Gasteiger charge is -2.11. The van der Waals surface area contributed by atoms with Crippen molar-refractivity contribution in [3.8, 4) is 11.5 Å². The molecule has 7 nitrogen and oxygen atoms in total. The normalized spacial score (nSPS) is 11.0. The Morgan fingerprint density at radius 1 is 1.00 bits per heavy atom. The summed E-state index contributed by atoms with van der Waals surface area (Å²) in [6.07, 6.45) is 0. The second kappa shape index (κ2) is 8.76. The Labute approximate surface area is 169 Å². The standard InChI is InChI=1S/C21H20N2O5S/c1-27-20-12-11-18(29(22,25)26)13-19(20)21(24)23-16-7-9-17(10-8-16)28-14-15-5-3-2-4-6-15/h2-13H,14H2,1H3,(H,23,24)(H2,22,25,26). The van der Waals surface area contributed by atoms with Crippen molar-refractivity contribution >= 4 is 21.6 Å². The summed E-state index contributed by atoms with van der Waals surface area (Å²) in [6, 6.07) is 20.5. The molecule has 0 aromatic heterocycles. The highest BCUT2D eigenvalue weighted by atomic mass is 32.2. The fourth-order valence-electron chi connectivity index (χ4n) is 2.62.